The second kappa shape index (κ2) is 16.4. The summed E-state index contributed by atoms with van der Waals surface area (Å²) in [6, 6.07) is 8.59. The van der Waals surface area contributed by atoms with Crippen LogP contribution in [0, 0.1) is 24.6 Å². The first-order chi connectivity index (χ1) is 25.3. The van der Waals surface area contributed by atoms with Crippen molar-refractivity contribution in [2.75, 3.05) is 53.0 Å². The molecule has 1 aliphatic carbocycles. The van der Waals surface area contributed by atoms with Crippen molar-refractivity contribution in [1.29, 1.82) is 0 Å². The third kappa shape index (κ3) is 8.19. The number of piperazine rings is 1. The van der Waals surface area contributed by atoms with E-state index in [0.717, 1.165) is 25.0 Å². The van der Waals surface area contributed by atoms with Crippen molar-refractivity contribution in [2.45, 2.75) is 88.7 Å². The van der Waals surface area contributed by atoms with Gasteiger partial charge in [-0.3, -0.25) is 24.9 Å². The highest BCUT2D eigenvalue weighted by molar-refractivity contribution is 5.83. The van der Waals surface area contributed by atoms with Crippen LogP contribution in [0.2, 0.25) is 0 Å². The number of methoxy groups -OCH3 is 1. The molecule has 1 saturated carbocycles. The van der Waals surface area contributed by atoms with Gasteiger partial charge in [0.05, 0.1) is 32.4 Å². The van der Waals surface area contributed by atoms with Crippen LogP contribution >= 0.6 is 0 Å². The molecule has 0 spiro atoms. The van der Waals surface area contributed by atoms with E-state index >= 15 is 4.39 Å². The number of benzene rings is 1. The quantitative estimate of drug-likeness (QED) is 0.373. The topological polar surface area (TPSA) is 138 Å². The molecule has 3 amide bonds. The van der Waals surface area contributed by atoms with Gasteiger partial charge >= 0.3 is 6.09 Å². The van der Waals surface area contributed by atoms with Crippen LogP contribution in [0.1, 0.15) is 67.8 Å². The number of carbonyl (C=O) groups is 3. The summed E-state index contributed by atoms with van der Waals surface area (Å²) in [5.41, 5.74) is 9.45. The fourth-order valence-corrected chi connectivity index (χ4v) is 8.74. The number of hydrogen-bond donors (Lipinski definition) is 3. The summed E-state index contributed by atoms with van der Waals surface area (Å²) in [7, 11) is 1.51. The van der Waals surface area contributed by atoms with Gasteiger partial charge in [-0.1, -0.05) is 6.07 Å². The number of halogens is 1. The first kappa shape index (κ1) is 36.5. The number of carbonyl (C=O) groups excluding carboxylic acids is 3. The smallest absolute Gasteiger partial charge is 0.410 e. The van der Waals surface area contributed by atoms with Gasteiger partial charge in [0.2, 0.25) is 11.8 Å². The van der Waals surface area contributed by atoms with E-state index in [1.807, 2.05) is 24.1 Å². The summed E-state index contributed by atoms with van der Waals surface area (Å²) in [5.74, 6) is 0.161. The zero-order chi connectivity index (χ0) is 36.2. The molecule has 1 aromatic heterocycles. The molecule has 0 bridgehead atoms. The lowest BCUT2D eigenvalue weighted by molar-refractivity contribution is -0.141. The van der Waals surface area contributed by atoms with E-state index in [4.69, 9.17) is 14.2 Å². The summed E-state index contributed by atoms with van der Waals surface area (Å²) in [6.07, 6.45) is 6.34. The van der Waals surface area contributed by atoms with E-state index in [0.29, 0.717) is 89.0 Å². The minimum absolute atomic E-state index is 0.0389. The predicted octanol–water partition coefficient (Wildman–Crippen LogP) is 3.08. The van der Waals surface area contributed by atoms with Crippen molar-refractivity contribution in [2.24, 2.45) is 11.8 Å². The van der Waals surface area contributed by atoms with E-state index in [-0.39, 0.29) is 54.5 Å². The Morgan fingerprint density at radius 1 is 1.00 bits per heavy atom. The van der Waals surface area contributed by atoms with E-state index in [1.54, 1.807) is 21.9 Å². The van der Waals surface area contributed by atoms with Crippen molar-refractivity contribution in [3.63, 3.8) is 0 Å². The number of amides is 3. The Morgan fingerprint density at radius 3 is 2.56 bits per heavy atom. The number of aromatic nitrogens is 1. The summed E-state index contributed by atoms with van der Waals surface area (Å²) in [4.78, 5) is 50.7. The lowest BCUT2D eigenvalue weighted by Crippen LogP contribution is -2.60. The lowest BCUT2D eigenvalue weighted by atomic mass is 9.74. The van der Waals surface area contributed by atoms with Crippen molar-refractivity contribution in [3.05, 3.63) is 59.2 Å². The van der Waals surface area contributed by atoms with Gasteiger partial charge in [0, 0.05) is 87.6 Å². The maximum atomic E-state index is 15.3. The SMILES string of the molecule is COc1cccc(F)c1CN1C[C@H](NC(=O)C2CCC3NNC(c4ccnc(C)c4)C3C2)CC[C@H]1C(=O)N1CCN(C(=O)OC2CCOCC2)CC1. The van der Waals surface area contributed by atoms with Crippen LogP contribution in [-0.2, 0) is 25.6 Å². The fourth-order valence-electron chi connectivity index (χ4n) is 8.74. The molecular weight excluding hydrogens is 669 g/mol. The molecule has 13 nitrogen and oxygen atoms in total. The third-order valence-electron chi connectivity index (χ3n) is 11.7. The number of aryl methyl sites for hydroxylation is 1. The second-order valence-electron chi connectivity index (χ2n) is 14.9. The largest absolute Gasteiger partial charge is 0.496 e. The van der Waals surface area contributed by atoms with Gasteiger partial charge in [-0.2, -0.15) is 0 Å². The number of nitrogens with zero attached hydrogens (tertiary/aromatic N) is 4. The van der Waals surface area contributed by atoms with Crippen molar-refractivity contribution < 1.29 is 33.0 Å². The van der Waals surface area contributed by atoms with Crippen LogP contribution in [0.3, 0.4) is 0 Å². The average molecular weight is 722 g/mol. The molecule has 1 aromatic carbocycles. The Labute approximate surface area is 304 Å². The van der Waals surface area contributed by atoms with Crippen molar-refractivity contribution in [1.82, 2.24) is 35.9 Å². The number of fused-ring (bicyclic) bond motifs is 1. The molecule has 14 heteroatoms. The molecule has 2 aromatic rings. The standard InChI is InChI=1S/C38H52FN7O6/c1-24-20-25(10-13-40-24)35-29-21-26(6-8-32(29)42-43-35)36(47)41-27-7-9-33(46(22-27)23-30-31(39)4-3-5-34(30)50-2)37(48)44-14-16-45(17-15-44)38(49)52-28-11-18-51-19-12-28/h3-5,10,13,20,26-29,32-33,35,42-43H,6-9,11-12,14-19,21-23H2,1-2H3,(H,41,47)/t26?,27-,29?,32?,33+,35?/m1/s1. The molecule has 282 valence electrons. The van der Waals surface area contributed by atoms with Crippen LogP contribution in [0.15, 0.2) is 36.5 Å². The van der Waals surface area contributed by atoms with Crippen LogP contribution in [0.4, 0.5) is 9.18 Å². The molecule has 4 unspecified atom stereocenters. The van der Waals surface area contributed by atoms with Crippen LogP contribution in [0.25, 0.3) is 0 Å². The highest BCUT2D eigenvalue weighted by Gasteiger charge is 2.44. The molecule has 5 aliphatic rings. The molecular formula is C38H52FN7O6. The van der Waals surface area contributed by atoms with E-state index in [9.17, 15) is 14.4 Å². The summed E-state index contributed by atoms with van der Waals surface area (Å²) in [5, 5.41) is 3.33. The van der Waals surface area contributed by atoms with Crippen molar-refractivity contribution >= 4 is 17.9 Å². The number of likely N-dealkylation sites (tertiary alicyclic amines) is 1. The Balaban J connectivity index is 0.995. The molecule has 4 saturated heterocycles. The van der Waals surface area contributed by atoms with Gasteiger partial charge in [-0.15, -0.1) is 0 Å². The molecule has 5 fully saturated rings. The molecule has 0 radical (unpaired) electrons. The summed E-state index contributed by atoms with van der Waals surface area (Å²) in [6.45, 7) is 5.28. The highest BCUT2D eigenvalue weighted by Crippen LogP contribution is 2.40. The van der Waals surface area contributed by atoms with Crippen LogP contribution < -0.4 is 20.9 Å². The normalized spacial score (nSPS) is 28.6. The molecule has 5 heterocycles. The molecule has 4 aliphatic heterocycles. The minimum Gasteiger partial charge on any atom is -0.496 e. The van der Waals surface area contributed by atoms with Gasteiger partial charge in [-0.25, -0.2) is 14.6 Å². The maximum Gasteiger partial charge on any atom is 0.410 e. The number of rotatable bonds is 8. The maximum absolute atomic E-state index is 15.3. The van der Waals surface area contributed by atoms with Gasteiger partial charge in [0.1, 0.15) is 17.7 Å². The van der Waals surface area contributed by atoms with Gasteiger partial charge in [0.15, 0.2) is 0 Å². The fraction of sp³-hybridized carbons (Fsp3) is 0.632. The molecule has 6 atom stereocenters. The van der Waals surface area contributed by atoms with Gasteiger partial charge in [-0.05, 0) is 74.8 Å². The number of ether oxygens (including phenoxy) is 3. The number of pyridine rings is 1. The Bertz CT molecular complexity index is 1580. The minimum atomic E-state index is -0.506. The zero-order valence-corrected chi connectivity index (χ0v) is 30.2. The monoisotopic (exact) mass is 721 g/mol. The molecule has 7 rings (SSSR count). The number of hydrogen-bond acceptors (Lipinski definition) is 10. The lowest BCUT2D eigenvalue weighted by Gasteiger charge is -2.43. The Hall–Kier alpha value is -3.85. The second-order valence-corrected chi connectivity index (χ2v) is 14.9. The van der Waals surface area contributed by atoms with E-state index in [2.05, 4.69) is 27.2 Å². The first-order valence-electron chi connectivity index (χ1n) is 18.9. The Morgan fingerprint density at radius 2 is 1.79 bits per heavy atom. The average Bonchev–Trinajstić information content (AvgIpc) is 3.59. The number of piperidine rings is 1. The van der Waals surface area contributed by atoms with Crippen molar-refractivity contribution in [3.8, 4) is 5.75 Å². The summed E-state index contributed by atoms with van der Waals surface area (Å²) >= 11 is 0. The molecule has 3 N–H and O–H groups in total. The number of nitrogens with one attached hydrogen (secondary N) is 3. The summed E-state index contributed by atoms with van der Waals surface area (Å²) < 4.78 is 31.8. The molecule has 52 heavy (non-hydrogen) atoms. The van der Waals surface area contributed by atoms with Gasteiger partial charge < -0.3 is 29.3 Å². The van der Waals surface area contributed by atoms with Gasteiger partial charge in [0.25, 0.3) is 0 Å². The van der Waals surface area contributed by atoms with E-state index in [1.165, 1.54) is 18.7 Å². The van der Waals surface area contributed by atoms with E-state index < -0.39 is 11.9 Å². The highest BCUT2D eigenvalue weighted by atomic mass is 19.1. The first-order valence-corrected chi connectivity index (χ1v) is 18.9. The predicted molar refractivity (Wildman–Crippen MR) is 189 cm³/mol. The van der Waals surface area contributed by atoms with Crippen LogP contribution in [-0.4, -0.2) is 115 Å². The third-order valence-corrected chi connectivity index (χ3v) is 11.7. The zero-order valence-electron chi connectivity index (χ0n) is 30.2. The van der Waals surface area contributed by atoms with Crippen LogP contribution in [0.5, 0.6) is 5.75 Å². The number of hydrazine groups is 1. The Kier molecular flexibility index (Phi) is 11.5.